The zero-order valence-electron chi connectivity index (χ0n) is 14.3. The summed E-state index contributed by atoms with van der Waals surface area (Å²) in [7, 11) is 0. The van der Waals surface area contributed by atoms with Crippen molar-refractivity contribution in [2.75, 3.05) is 11.9 Å². The van der Waals surface area contributed by atoms with Crippen molar-refractivity contribution in [1.82, 2.24) is 15.1 Å². The van der Waals surface area contributed by atoms with Gasteiger partial charge in [-0.05, 0) is 37.6 Å². The van der Waals surface area contributed by atoms with Gasteiger partial charge >= 0.3 is 0 Å². The number of aromatic nitrogens is 3. The van der Waals surface area contributed by atoms with Gasteiger partial charge in [0.1, 0.15) is 11.6 Å². The Hall–Kier alpha value is -3.29. The van der Waals surface area contributed by atoms with E-state index in [2.05, 4.69) is 20.4 Å². The van der Waals surface area contributed by atoms with Crippen LogP contribution in [0.1, 0.15) is 18.4 Å². The van der Waals surface area contributed by atoms with Crippen LogP contribution in [0.4, 0.5) is 10.2 Å². The number of halogens is 1. The minimum atomic E-state index is -0.390. The lowest BCUT2D eigenvalue weighted by atomic mass is 10.2. The Balaban J connectivity index is 1.71. The molecule has 7 nitrogen and oxygen atoms in total. The average Bonchev–Trinajstić information content (AvgIpc) is 3.05. The molecule has 0 spiro atoms. The monoisotopic (exact) mass is 356 g/mol. The number of rotatable bonds is 6. The number of nitrogens with one attached hydrogen (secondary N) is 1. The molecule has 2 heterocycles. The number of aryl methyl sites for hydroxylation is 2. The fraction of sp³-hybridized carbons (Fsp3) is 0.222. The van der Waals surface area contributed by atoms with Gasteiger partial charge in [-0.25, -0.2) is 9.37 Å². The topological polar surface area (TPSA) is 90.1 Å². The van der Waals surface area contributed by atoms with Crippen molar-refractivity contribution < 1.29 is 18.4 Å². The number of ether oxygens (including phenoxy) is 1. The summed E-state index contributed by atoms with van der Waals surface area (Å²) in [5, 5.41) is 6.24. The quantitative estimate of drug-likeness (QED) is 0.730. The van der Waals surface area contributed by atoms with Crippen molar-refractivity contribution in [2.24, 2.45) is 0 Å². The normalized spacial score (nSPS) is 10.6. The van der Waals surface area contributed by atoms with E-state index in [1.807, 2.05) is 6.92 Å². The summed E-state index contributed by atoms with van der Waals surface area (Å²) in [6, 6.07) is 9.13. The lowest BCUT2D eigenvalue weighted by Gasteiger charge is -2.09. The number of anilines is 1. The summed E-state index contributed by atoms with van der Waals surface area (Å²) in [6.07, 6.45) is 0.664. The third kappa shape index (κ3) is 4.41. The van der Waals surface area contributed by atoms with E-state index in [1.165, 1.54) is 12.1 Å². The Bertz CT molecular complexity index is 909. The molecule has 0 radical (unpaired) electrons. The first-order chi connectivity index (χ1) is 12.5. The number of hydrogen-bond acceptors (Lipinski definition) is 6. The molecule has 0 aliphatic heterocycles. The summed E-state index contributed by atoms with van der Waals surface area (Å²) in [6.45, 7) is 3.43. The van der Waals surface area contributed by atoms with Crippen molar-refractivity contribution in [3.63, 3.8) is 0 Å². The summed E-state index contributed by atoms with van der Waals surface area (Å²) in [5.74, 6) is 0.859. The third-order valence-corrected chi connectivity index (χ3v) is 3.47. The molecule has 0 unspecified atom stereocenters. The first-order valence-corrected chi connectivity index (χ1v) is 8.03. The van der Waals surface area contributed by atoms with E-state index in [0.717, 1.165) is 5.69 Å². The third-order valence-electron chi connectivity index (χ3n) is 3.47. The summed E-state index contributed by atoms with van der Waals surface area (Å²) in [5.41, 5.74) is 1.41. The molecule has 26 heavy (non-hydrogen) atoms. The Morgan fingerprint density at radius 1 is 1.23 bits per heavy atom. The lowest BCUT2D eigenvalue weighted by molar-refractivity contribution is -0.118. The van der Waals surface area contributed by atoms with Crippen LogP contribution in [-0.4, -0.2) is 27.6 Å². The highest BCUT2D eigenvalue weighted by Gasteiger charge is 2.11. The highest BCUT2D eigenvalue weighted by molar-refractivity contribution is 5.90. The van der Waals surface area contributed by atoms with E-state index >= 15 is 0 Å². The van der Waals surface area contributed by atoms with Gasteiger partial charge < -0.3 is 14.6 Å². The molecule has 0 fully saturated rings. The van der Waals surface area contributed by atoms with E-state index in [-0.39, 0.29) is 18.3 Å². The molecule has 1 aromatic carbocycles. The van der Waals surface area contributed by atoms with Crippen LogP contribution in [0.5, 0.6) is 5.88 Å². The number of carbonyl (C=O) groups excluding carboxylic acids is 1. The molecule has 0 aliphatic rings. The van der Waals surface area contributed by atoms with Gasteiger partial charge in [-0.3, -0.25) is 4.79 Å². The SMILES string of the molecule is CCc1cc(OCC(=O)Nc2cc(C)on2)nc(-c2ccc(F)cc2)n1. The maximum absolute atomic E-state index is 13.1. The first kappa shape index (κ1) is 17.5. The average molecular weight is 356 g/mol. The summed E-state index contributed by atoms with van der Waals surface area (Å²) < 4.78 is 23.5. The predicted molar refractivity (Wildman–Crippen MR) is 92.2 cm³/mol. The second kappa shape index (κ2) is 7.73. The first-order valence-electron chi connectivity index (χ1n) is 8.03. The molecule has 8 heteroatoms. The van der Waals surface area contributed by atoms with Gasteiger partial charge in [0.15, 0.2) is 18.2 Å². The molecule has 0 bridgehead atoms. The lowest BCUT2D eigenvalue weighted by Crippen LogP contribution is -2.20. The van der Waals surface area contributed by atoms with Crippen LogP contribution in [0.3, 0.4) is 0 Å². The van der Waals surface area contributed by atoms with Crippen molar-refractivity contribution in [1.29, 1.82) is 0 Å². The van der Waals surface area contributed by atoms with Gasteiger partial charge in [0.2, 0.25) is 5.88 Å². The largest absolute Gasteiger partial charge is 0.467 e. The minimum Gasteiger partial charge on any atom is -0.467 e. The minimum absolute atomic E-state index is 0.241. The van der Waals surface area contributed by atoms with Crippen LogP contribution >= 0.6 is 0 Å². The molecule has 0 saturated carbocycles. The zero-order chi connectivity index (χ0) is 18.5. The molecule has 0 aliphatic carbocycles. The molecular formula is C18H17FN4O3. The second-order valence-corrected chi connectivity index (χ2v) is 5.54. The molecule has 1 amide bonds. The molecular weight excluding hydrogens is 339 g/mol. The molecule has 3 rings (SSSR count). The molecule has 3 aromatic rings. The van der Waals surface area contributed by atoms with Crippen LogP contribution in [0.25, 0.3) is 11.4 Å². The highest BCUT2D eigenvalue weighted by atomic mass is 19.1. The number of amides is 1. The summed E-state index contributed by atoms with van der Waals surface area (Å²) in [4.78, 5) is 20.6. The van der Waals surface area contributed by atoms with Crippen LogP contribution in [0, 0.1) is 12.7 Å². The van der Waals surface area contributed by atoms with Gasteiger partial charge in [0, 0.05) is 23.4 Å². The van der Waals surface area contributed by atoms with Crippen LogP contribution in [0.15, 0.2) is 40.9 Å². The van der Waals surface area contributed by atoms with Gasteiger partial charge in [0.25, 0.3) is 5.91 Å². The second-order valence-electron chi connectivity index (χ2n) is 5.54. The smallest absolute Gasteiger partial charge is 0.263 e. The van der Waals surface area contributed by atoms with E-state index in [1.54, 1.807) is 31.2 Å². The number of carbonyl (C=O) groups is 1. The van der Waals surface area contributed by atoms with Crippen molar-refractivity contribution >= 4 is 11.7 Å². The fourth-order valence-electron chi connectivity index (χ4n) is 2.20. The van der Waals surface area contributed by atoms with E-state index in [4.69, 9.17) is 9.26 Å². The maximum atomic E-state index is 13.1. The fourth-order valence-corrected chi connectivity index (χ4v) is 2.20. The Morgan fingerprint density at radius 3 is 2.65 bits per heavy atom. The van der Waals surface area contributed by atoms with Crippen LogP contribution in [-0.2, 0) is 11.2 Å². The van der Waals surface area contributed by atoms with Gasteiger partial charge in [-0.15, -0.1) is 0 Å². The van der Waals surface area contributed by atoms with Crippen molar-refractivity contribution in [3.05, 3.63) is 53.7 Å². The zero-order valence-corrected chi connectivity index (χ0v) is 14.3. The number of hydrogen-bond donors (Lipinski definition) is 1. The standard InChI is InChI=1S/C18H17FN4O3/c1-3-14-9-17(22-18(20-14)12-4-6-13(19)7-5-12)25-10-16(24)21-15-8-11(2)26-23-15/h4-9H,3,10H2,1-2H3,(H,21,23,24). The Kier molecular flexibility index (Phi) is 5.21. The maximum Gasteiger partial charge on any atom is 0.263 e. The van der Waals surface area contributed by atoms with Crippen LogP contribution in [0.2, 0.25) is 0 Å². The highest BCUT2D eigenvalue weighted by Crippen LogP contribution is 2.20. The van der Waals surface area contributed by atoms with E-state index in [9.17, 15) is 9.18 Å². The molecule has 2 aromatic heterocycles. The molecule has 134 valence electrons. The molecule has 1 N–H and O–H groups in total. The van der Waals surface area contributed by atoms with Crippen molar-refractivity contribution in [2.45, 2.75) is 20.3 Å². The predicted octanol–water partition coefficient (Wildman–Crippen LogP) is 3.16. The van der Waals surface area contributed by atoms with Crippen LogP contribution < -0.4 is 10.1 Å². The van der Waals surface area contributed by atoms with E-state index < -0.39 is 5.91 Å². The molecule has 0 saturated heterocycles. The van der Waals surface area contributed by atoms with Gasteiger partial charge in [-0.2, -0.15) is 4.98 Å². The van der Waals surface area contributed by atoms with Gasteiger partial charge in [0.05, 0.1) is 0 Å². The number of nitrogens with zero attached hydrogens (tertiary/aromatic N) is 3. The van der Waals surface area contributed by atoms with Crippen molar-refractivity contribution in [3.8, 4) is 17.3 Å². The number of benzene rings is 1. The molecule has 0 atom stereocenters. The van der Waals surface area contributed by atoms with E-state index in [0.29, 0.717) is 29.4 Å². The van der Waals surface area contributed by atoms with Gasteiger partial charge in [-0.1, -0.05) is 12.1 Å². The Morgan fingerprint density at radius 2 is 2.00 bits per heavy atom. The summed E-state index contributed by atoms with van der Waals surface area (Å²) >= 11 is 0. The Labute approximate surface area is 149 Å².